The molecule has 184 valence electrons. The van der Waals surface area contributed by atoms with E-state index >= 15 is 0 Å². The molecule has 0 radical (unpaired) electrons. The van der Waals surface area contributed by atoms with E-state index in [-0.39, 0.29) is 36.2 Å². The summed E-state index contributed by atoms with van der Waals surface area (Å²) in [6.07, 6.45) is 1.62. The Morgan fingerprint density at radius 2 is 1.75 bits per heavy atom. The number of carbonyl (C=O) groups is 2. The molecule has 3 aromatic rings. The molecular formula is C25H18BrFN2O6S. The van der Waals surface area contributed by atoms with Crippen LogP contribution < -0.4 is 9.47 Å². The van der Waals surface area contributed by atoms with E-state index in [1.54, 1.807) is 36.4 Å². The van der Waals surface area contributed by atoms with Gasteiger partial charge in [0.05, 0.1) is 20.8 Å². The summed E-state index contributed by atoms with van der Waals surface area (Å²) in [7, 11) is 0. The number of non-ortho nitro benzene ring substituents is 1. The minimum atomic E-state index is -0.462. The van der Waals surface area contributed by atoms with Gasteiger partial charge in [-0.1, -0.05) is 6.07 Å². The highest BCUT2D eigenvalue weighted by atomic mass is 79.9. The van der Waals surface area contributed by atoms with Gasteiger partial charge in [0.25, 0.3) is 16.8 Å². The van der Waals surface area contributed by atoms with Crippen molar-refractivity contribution in [2.24, 2.45) is 0 Å². The number of rotatable bonds is 9. The quantitative estimate of drug-likeness (QED) is 0.171. The molecule has 1 aliphatic heterocycles. The molecule has 1 heterocycles. The van der Waals surface area contributed by atoms with Crippen LogP contribution >= 0.6 is 27.7 Å². The third-order valence-corrected chi connectivity index (χ3v) is 6.59. The maximum Gasteiger partial charge on any atom is 0.293 e. The molecule has 1 saturated heterocycles. The lowest BCUT2D eigenvalue weighted by Crippen LogP contribution is -2.32. The number of nitro benzene ring substituents is 1. The number of thioether (sulfide) groups is 1. The molecule has 0 N–H and O–H groups in total. The number of carbonyl (C=O) groups excluding carboxylic acids is 2. The summed E-state index contributed by atoms with van der Waals surface area (Å²) in [6, 6.07) is 16.8. The Hall–Kier alpha value is -3.70. The van der Waals surface area contributed by atoms with Crippen molar-refractivity contribution in [1.29, 1.82) is 0 Å². The summed E-state index contributed by atoms with van der Waals surface area (Å²) < 4.78 is 24.9. The van der Waals surface area contributed by atoms with Crippen LogP contribution in [-0.4, -0.2) is 34.1 Å². The third kappa shape index (κ3) is 6.29. The molecule has 8 nitrogen and oxygen atoms in total. The monoisotopic (exact) mass is 572 g/mol. The molecule has 0 aromatic heterocycles. The van der Waals surface area contributed by atoms with E-state index in [1.807, 2.05) is 0 Å². The van der Waals surface area contributed by atoms with Crippen LogP contribution in [0.3, 0.4) is 0 Å². The Kier molecular flexibility index (Phi) is 8.01. The molecule has 3 aromatic carbocycles. The largest absolute Gasteiger partial charge is 0.492 e. The first-order chi connectivity index (χ1) is 17.3. The highest BCUT2D eigenvalue weighted by Gasteiger charge is 2.34. The normalized spacial score (nSPS) is 14.4. The Morgan fingerprint density at radius 3 is 2.42 bits per heavy atom. The number of hydrogen-bond donors (Lipinski definition) is 0. The van der Waals surface area contributed by atoms with Crippen molar-refractivity contribution < 1.29 is 28.4 Å². The second-order valence-corrected chi connectivity index (χ2v) is 9.39. The molecule has 0 atom stereocenters. The average molecular weight is 573 g/mol. The van der Waals surface area contributed by atoms with Crippen molar-refractivity contribution in [3.63, 3.8) is 0 Å². The van der Waals surface area contributed by atoms with E-state index in [9.17, 15) is 24.1 Å². The lowest BCUT2D eigenvalue weighted by atomic mass is 10.2. The Bertz CT molecular complexity index is 1330. The van der Waals surface area contributed by atoms with Crippen LogP contribution in [0.5, 0.6) is 11.5 Å². The van der Waals surface area contributed by atoms with Crippen LogP contribution in [0.1, 0.15) is 11.1 Å². The van der Waals surface area contributed by atoms with Crippen LogP contribution in [0.4, 0.5) is 14.9 Å². The summed E-state index contributed by atoms with van der Waals surface area (Å²) in [5.41, 5.74) is 1.47. The van der Waals surface area contributed by atoms with E-state index in [0.29, 0.717) is 21.5 Å². The number of nitro groups is 1. The molecule has 0 spiro atoms. The van der Waals surface area contributed by atoms with Crippen LogP contribution in [0.2, 0.25) is 0 Å². The molecular weight excluding hydrogens is 555 g/mol. The standard InChI is InChI=1S/C25H18BrFN2O6S/c26-21-13-17(3-10-22(21)35-15-16-1-6-19(7-2-16)29(32)33)14-23-24(30)28(25(31)36-23)11-12-34-20-8-4-18(27)5-9-20/h1-10,13-14H,11-12,15H2/b23-14-. The number of ether oxygens (including phenoxy) is 2. The minimum absolute atomic E-state index is 0.00843. The minimum Gasteiger partial charge on any atom is -0.492 e. The van der Waals surface area contributed by atoms with E-state index in [2.05, 4.69) is 15.9 Å². The van der Waals surface area contributed by atoms with Crippen molar-refractivity contribution in [2.75, 3.05) is 13.2 Å². The van der Waals surface area contributed by atoms with Gasteiger partial charge in [0.1, 0.15) is 30.5 Å². The average Bonchev–Trinajstić information content (AvgIpc) is 3.12. The van der Waals surface area contributed by atoms with Crippen molar-refractivity contribution in [1.82, 2.24) is 4.90 Å². The predicted molar refractivity (Wildman–Crippen MR) is 136 cm³/mol. The topological polar surface area (TPSA) is 99.0 Å². The van der Waals surface area contributed by atoms with Crippen LogP contribution in [0, 0.1) is 15.9 Å². The highest BCUT2D eigenvalue weighted by Crippen LogP contribution is 2.34. The van der Waals surface area contributed by atoms with Gasteiger partial charge in [0.2, 0.25) is 0 Å². The fraction of sp³-hybridized carbons (Fsp3) is 0.120. The van der Waals surface area contributed by atoms with Crippen molar-refractivity contribution in [3.8, 4) is 11.5 Å². The first kappa shape index (κ1) is 25.4. The zero-order valence-electron chi connectivity index (χ0n) is 18.6. The summed E-state index contributed by atoms with van der Waals surface area (Å²) in [6.45, 7) is 0.372. The van der Waals surface area contributed by atoms with E-state index in [1.165, 1.54) is 36.4 Å². The third-order valence-electron chi connectivity index (χ3n) is 5.07. The van der Waals surface area contributed by atoms with Gasteiger partial charge in [0.15, 0.2) is 0 Å². The number of halogens is 2. The van der Waals surface area contributed by atoms with Gasteiger partial charge in [-0.15, -0.1) is 0 Å². The number of benzene rings is 3. The van der Waals surface area contributed by atoms with Gasteiger partial charge in [-0.05, 0) is 93.4 Å². The maximum atomic E-state index is 13.0. The van der Waals surface area contributed by atoms with Crippen molar-refractivity contribution in [2.45, 2.75) is 6.61 Å². The van der Waals surface area contributed by atoms with E-state index in [4.69, 9.17) is 9.47 Å². The molecule has 1 aliphatic rings. The molecule has 2 amide bonds. The molecule has 11 heteroatoms. The van der Waals surface area contributed by atoms with Gasteiger partial charge < -0.3 is 9.47 Å². The zero-order chi connectivity index (χ0) is 25.7. The number of hydrogen-bond acceptors (Lipinski definition) is 7. The van der Waals surface area contributed by atoms with Gasteiger partial charge >= 0.3 is 0 Å². The SMILES string of the molecule is O=C1S/C(=C\c2ccc(OCc3ccc([N+](=O)[O-])cc3)c(Br)c2)C(=O)N1CCOc1ccc(F)cc1. The summed E-state index contributed by atoms with van der Waals surface area (Å²) in [5.74, 6) is 0.202. The lowest BCUT2D eigenvalue weighted by Gasteiger charge is -2.13. The zero-order valence-corrected chi connectivity index (χ0v) is 21.0. The first-order valence-electron chi connectivity index (χ1n) is 10.6. The number of amides is 2. The predicted octanol–water partition coefficient (Wildman–Crippen LogP) is 6.19. The molecule has 1 fully saturated rings. The fourth-order valence-electron chi connectivity index (χ4n) is 3.23. The second kappa shape index (κ2) is 11.4. The van der Waals surface area contributed by atoms with Crippen LogP contribution in [0.25, 0.3) is 6.08 Å². The molecule has 0 unspecified atom stereocenters. The lowest BCUT2D eigenvalue weighted by molar-refractivity contribution is -0.384. The fourth-order valence-corrected chi connectivity index (χ4v) is 4.60. The van der Waals surface area contributed by atoms with Gasteiger partial charge in [0, 0.05) is 12.1 Å². The molecule has 4 rings (SSSR count). The van der Waals surface area contributed by atoms with Gasteiger partial charge in [-0.3, -0.25) is 24.6 Å². The van der Waals surface area contributed by atoms with Gasteiger partial charge in [-0.25, -0.2) is 4.39 Å². The number of imide groups is 1. The Balaban J connectivity index is 1.34. The molecule has 36 heavy (non-hydrogen) atoms. The summed E-state index contributed by atoms with van der Waals surface area (Å²) >= 11 is 4.29. The maximum absolute atomic E-state index is 13.0. The van der Waals surface area contributed by atoms with E-state index < -0.39 is 16.1 Å². The molecule has 0 bridgehead atoms. The highest BCUT2D eigenvalue weighted by molar-refractivity contribution is 9.10. The second-order valence-electron chi connectivity index (χ2n) is 7.54. The van der Waals surface area contributed by atoms with E-state index in [0.717, 1.165) is 22.2 Å². The Morgan fingerprint density at radius 1 is 1.03 bits per heavy atom. The molecule has 0 saturated carbocycles. The smallest absolute Gasteiger partial charge is 0.293 e. The molecule has 0 aliphatic carbocycles. The number of nitrogens with zero attached hydrogens (tertiary/aromatic N) is 2. The Labute approximate surface area is 218 Å². The van der Waals surface area contributed by atoms with Crippen LogP contribution in [-0.2, 0) is 11.4 Å². The summed E-state index contributed by atoms with van der Waals surface area (Å²) in [4.78, 5) is 36.7. The van der Waals surface area contributed by atoms with Crippen molar-refractivity contribution >= 4 is 50.6 Å². The summed E-state index contributed by atoms with van der Waals surface area (Å²) in [5, 5.41) is 10.4. The first-order valence-corrected chi connectivity index (χ1v) is 12.2. The van der Waals surface area contributed by atoms with Crippen molar-refractivity contribution in [3.05, 3.63) is 103 Å². The van der Waals surface area contributed by atoms with Crippen LogP contribution in [0.15, 0.2) is 76.1 Å². The van der Waals surface area contributed by atoms with Gasteiger partial charge in [-0.2, -0.15) is 0 Å².